The fourth-order valence-corrected chi connectivity index (χ4v) is 3.87. The van der Waals surface area contributed by atoms with E-state index in [4.69, 9.17) is 5.11 Å². The van der Waals surface area contributed by atoms with Gasteiger partial charge < -0.3 is 15.5 Å². The van der Waals surface area contributed by atoms with Crippen LogP contribution in [0.25, 0.3) is 0 Å². The van der Waals surface area contributed by atoms with E-state index in [1.807, 2.05) is 30.3 Å². The van der Waals surface area contributed by atoms with Crippen LogP contribution in [0.3, 0.4) is 0 Å². The first-order valence-corrected chi connectivity index (χ1v) is 9.00. The maximum atomic E-state index is 12.9. The molecule has 3 N–H and O–H groups in total. The zero-order valence-electron chi connectivity index (χ0n) is 13.2. The summed E-state index contributed by atoms with van der Waals surface area (Å²) in [6.45, 7) is 0. The van der Waals surface area contributed by atoms with E-state index in [0.717, 1.165) is 30.2 Å². The summed E-state index contributed by atoms with van der Waals surface area (Å²) in [5, 5.41) is 20.6. The fraction of sp³-hybridized carbons (Fsp3) is 0.471. The Morgan fingerprint density at radius 2 is 1.75 bits per heavy atom. The summed E-state index contributed by atoms with van der Waals surface area (Å²) in [6, 6.07) is 8.34. The van der Waals surface area contributed by atoms with Gasteiger partial charge in [0.15, 0.2) is 0 Å². The fourth-order valence-electron chi connectivity index (χ4n) is 3.12. The van der Waals surface area contributed by atoms with Crippen molar-refractivity contribution in [3.63, 3.8) is 0 Å². The van der Waals surface area contributed by atoms with Crippen molar-refractivity contribution < 1.29 is 24.6 Å². The molecule has 1 aromatic rings. The predicted molar refractivity (Wildman–Crippen MR) is 91.1 cm³/mol. The summed E-state index contributed by atoms with van der Waals surface area (Å²) >= 11 is 0.982. The minimum atomic E-state index is -1.15. The van der Waals surface area contributed by atoms with E-state index < -0.39 is 23.4 Å². The van der Waals surface area contributed by atoms with Crippen LogP contribution in [0.1, 0.15) is 31.2 Å². The van der Waals surface area contributed by atoms with Gasteiger partial charge in [-0.2, -0.15) is 0 Å². The van der Waals surface area contributed by atoms with Crippen LogP contribution in [0.4, 0.5) is 0 Å². The Labute approximate surface area is 144 Å². The Morgan fingerprint density at radius 1 is 1.12 bits per heavy atom. The van der Waals surface area contributed by atoms with Crippen LogP contribution in [-0.4, -0.2) is 45.6 Å². The lowest BCUT2D eigenvalue weighted by Crippen LogP contribution is -2.50. The average Bonchev–Trinajstić information content (AvgIpc) is 3.05. The number of hydrogen-bond donors (Lipinski definition) is 3. The lowest BCUT2D eigenvalue weighted by molar-refractivity contribution is -0.142. The van der Waals surface area contributed by atoms with E-state index in [0.29, 0.717) is 12.8 Å². The number of hydrogen-bond acceptors (Lipinski definition) is 4. The largest absolute Gasteiger partial charge is 0.481 e. The van der Waals surface area contributed by atoms with Crippen molar-refractivity contribution in [2.24, 2.45) is 0 Å². The molecule has 130 valence electrons. The quantitative estimate of drug-likeness (QED) is 0.661. The van der Waals surface area contributed by atoms with Crippen LogP contribution in [-0.2, 0) is 19.8 Å². The highest BCUT2D eigenvalue weighted by atomic mass is 32.2. The van der Waals surface area contributed by atoms with Crippen molar-refractivity contribution in [1.29, 1.82) is 0 Å². The third-order valence-corrected chi connectivity index (χ3v) is 5.35. The molecule has 0 spiro atoms. The smallest absolute Gasteiger partial charge is 0.327 e. The predicted octanol–water partition coefficient (Wildman–Crippen LogP) is 1.89. The number of thioether (sulfide) groups is 1. The first kappa shape index (κ1) is 18.3. The number of carbonyl (C=O) groups excluding carboxylic acids is 1. The highest BCUT2D eigenvalue weighted by Gasteiger charge is 2.43. The van der Waals surface area contributed by atoms with Gasteiger partial charge in [-0.05, 0) is 18.4 Å². The summed E-state index contributed by atoms with van der Waals surface area (Å²) in [6.07, 6.45) is 3.23. The zero-order valence-corrected chi connectivity index (χ0v) is 14.1. The average molecular weight is 351 g/mol. The maximum Gasteiger partial charge on any atom is 0.327 e. The monoisotopic (exact) mass is 351 g/mol. The number of carbonyl (C=O) groups is 3. The van der Waals surface area contributed by atoms with Gasteiger partial charge in [0.1, 0.15) is 6.04 Å². The van der Waals surface area contributed by atoms with Crippen LogP contribution < -0.4 is 5.32 Å². The van der Waals surface area contributed by atoms with Crippen LogP contribution in [0, 0.1) is 0 Å². The topological polar surface area (TPSA) is 104 Å². The molecule has 1 atom stereocenters. The standard InChI is InChI=1S/C17H21NO5S/c19-14(20)11-24-10-13(15(21)22)18-16(23)17(8-4-5-9-17)12-6-2-1-3-7-12/h1-3,6-7,13H,4-5,8-11H2,(H,18,23)(H,19,20)(H,21,22)/t13-/m0/s1. The third kappa shape index (κ3) is 4.29. The summed E-state index contributed by atoms with van der Waals surface area (Å²) in [4.78, 5) is 34.8. The second-order valence-corrected chi connectivity index (χ2v) is 6.96. The first-order chi connectivity index (χ1) is 11.5. The van der Waals surface area contributed by atoms with Gasteiger partial charge in [0, 0.05) is 5.75 Å². The molecular formula is C17H21NO5S. The van der Waals surface area contributed by atoms with Crippen molar-refractivity contribution in [3.05, 3.63) is 35.9 Å². The number of nitrogens with one attached hydrogen (secondary N) is 1. The number of amides is 1. The summed E-state index contributed by atoms with van der Waals surface area (Å²) in [5.74, 6) is -2.61. The number of aliphatic carboxylic acids is 2. The lowest BCUT2D eigenvalue weighted by Gasteiger charge is -2.30. The minimum Gasteiger partial charge on any atom is -0.481 e. The van der Waals surface area contributed by atoms with Gasteiger partial charge in [0.05, 0.1) is 11.2 Å². The molecule has 6 nitrogen and oxygen atoms in total. The van der Waals surface area contributed by atoms with Crippen molar-refractivity contribution in [2.75, 3.05) is 11.5 Å². The highest BCUT2D eigenvalue weighted by molar-refractivity contribution is 8.00. The first-order valence-electron chi connectivity index (χ1n) is 7.84. The summed E-state index contributed by atoms with van der Waals surface area (Å²) in [7, 11) is 0. The number of carboxylic acid groups (broad SMARTS) is 2. The van der Waals surface area contributed by atoms with E-state index in [9.17, 15) is 19.5 Å². The van der Waals surface area contributed by atoms with Gasteiger partial charge in [-0.3, -0.25) is 9.59 Å². The Bertz CT molecular complexity index is 598. The highest BCUT2D eigenvalue weighted by Crippen LogP contribution is 2.41. The van der Waals surface area contributed by atoms with E-state index in [1.165, 1.54) is 0 Å². The van der Waals surface area contributed by atoms with Crippen LogP contribution >= 0.6 is 11.8 Å². The maximum absolute atomic E-state index is 12.9. The Morgan fingerprint density at radius 3 is 2.29 bits per heavy atom. The van der Waals surface area contributed by atoms with Gasteiger partial charge >= 0.3 is 11.9 Å². The Balaban J connectivity index is 2.11. The molecule has 1 amide bonds. The molecule has 0 saturated heterocycles. The van der Waals surface area contributed by atoms with Crippen molar-refractivity contribution in [3.8, 4) is 0 Å². The van der Waals surface area contributed by atoms with Crippen LogP contribution in [0.5, 0.6) is 0 Å². The third-order valence-electron chi connectivity index (χ3n) is 4.33. The molecule has 1 saturated carbocycles. The van der Waals surface area contributed by atoms with Gasteiger partial charge in [-0.1, -0.05) is 43.2 Å². The SMILES string of the molecule is O=C(O)CSC[C@H](NC(=O)C1(c2ccccc2)CCCC1)C(=O)O. The molecule has 0 bridgehead atoms. The molecule has 1 aromatic carbocycles. The number of carboxylic acids is 2. The summed E-state index contributed by atoms with van der Waals surface area (Å²) in [5.41, 5.74) is 0.217. The van der Waals surface area contributed by atoms with Crippen molar-refractivity contribution in [2.45, 2.75) is 37.1 Å². The van der Waals surface area contributed by atoms with E-state index in [-0.39, 0.29) is 17.4 Å². The minimum absolute atomic E-state index is 0.0260. The van der Waals surface area contributed by atoms with Crippen molar-refractivity contribution in [1.82, 2.24) is 5.32 Å². The molecule has 2 rings (SSSR count). The molecule has 1 fully saturated rings. The van der Waals surface area contributed by atoms with Gasteiger partial charge in [-0.15, -0.1) is 11.8 Å². The number of rotatable bonds is 8. The summed E-state index contributed by atoms with van der Waals surface area (Å²) < 4.78 is 0. The molecule has 0 heterocycles. The molecule has 1 aliphatic rings. The Kier molecular flexibility index (Phi) is 6.25. The zero-order chi connectivity index (χ0) is 17.6. The van der Waals surface area contributed by atoms with E-state index in [2.05, 4.69) is 5.32 Å². The molecule has 0 unspecified atom stereocenters. The van der Waals surface area contributed by atoms with E-state index in [1.54, 1.807) is 0 Å². The molecule has 0 aliphatic heterocycles. The van der Waals surface area contributed by atoms with Crippen molar-refractivity contribution >= 4 is 29.6 Å². The van der Waals surface area contributed by atoms with E-state index >= 15 is 0 Å². The lowest BCUT2D eigenvalue weighted by atomic mass is 9.78. The molecule has 0 aromatic heterocycles. The molecule has 7 heteroatoms. The van der Waals surface area contributed by atoms with Gasteiger partial charge in [0.2, 0.25) is 5.91 Å². The van der Waals surface area contributed by atoms with Crippen LogP contribution in [0.15, 0.2) is 30.3 Å². The molecular weight excluding hydrogens is 330 g/mol. The van der Waals surface area contributed by atoms with Gasteiger partial charge in [-0.25, -0.2) is 4.79 Å². The number of benzene rings is 1. The van der Waals surface area contributed by atoms with Crippen LogP contribution in [0.2, 0.25) is 0 Å². The second-order valence-electron chi connectivity index (χ2n) is 5.93. The van der Waals surface area contributed by atoms with Gasteiger partial charge in [0.25, 0.3) is 0 Å². The normalized spacial score (nSPS) is 17.2. The Hall–Kier alpha value is -2.02. The molecule has 1 aliphatic carbocycles. The molecule has 0 radical (unpaired) electrons. The second kappa shape index (κ2) is 8.19. The molecule has 24 heavy (non-hydrogen) atoms.